The number of ether oxygens (including phenoxy) is 1. The fourth-order valence-corrected chi connectivity index (χ4v) is 1.66. The molecule has 3 heteroatoms. The van der Waals surface area contributed by atoms with Gasteiger partial charge in [0.15, 0.2) is 12.4 Å². The normalized spacial score (nSPS) is 10.2. The van der Waals surface area contributed by atoms with E-state index in [1.807, 2.05) is 36.4 Å². The molecule has 98 valence electrons. The van der Waals surface area contributed by atoms with Crippen molar-refractivity contribution in [1.82, 2.24) is 0 Å². The van der Waals surface area contributed by atoms with E-state index in [9.17, 15) is 4.79 Å². The molecule has 2 aromatic carbocycles. The number of ketones is 1. The van der Waals surface area contributed by atoms with E-state index >= 15 is 0 Å². The minimum absolute atomic E-state index is 0.00119. The van der Waals surface area contributed by atoms with Crippen LogP contribution in [0, 0.1) is 11.3 Å². The summed E-state index contributed by atoms with van der Waals surface area (Å²) in [5, 5.41) is 8.41. The predicted octanol–water partition coefficient (Wildman–Crippen LogP) is 3.49. The van der Waals surface area contributed by atoms with Gasteiger partial charge in [-0.3, -0.25) is 4.79 Å². The Labute approximate surface area is 117 Å². The Kier molecular flexibility index (Phi) is 4.69. The van der Waals surface area contributed by atoms with Crippen molar-refractivity contribution < 1.29 is 9.53 Å². The molecule has 2 rings (SSSR count). The summed E-state index contributed by atoms with van der Waals surface area (Å²) >= 11 is 0. The van der Waals surface area contributed by atoms with Crippen LogP contribution in [0.3, 0.4) is 0 Å². The molecule has 0 saturated heterocycles. The van der Waals surface area contributed by atoms with E-state index < -0.39 is 0 Å². The van der Waals surface area contributed by atoms with Gasteiger partial charge in [0.2, 0.25) is 0 Å². The van der Waals surface area contributed by atoms with Gasteiger partial charge in [0.05, 0.1) is 0 Å². The zero-order chi connectivity index (χ0) is 14.2. The third-order valence-corrected chi connectivity index (χ3v) is 2.67. The van der Waals surface area contributed by atoms with Crippen LogP contribution in [-0.2, 0) is 0 Å². The number of hydrogen-bond acceptors (Lipinski definition) is 3. The number of rotatable bonds is 5. The molecule has 20 heavy (non-hydrogen) atoms. The maximum Gasteiger partial charge on any atom is 0.185 e. The van der Waals surface area contributed by atoms with Crippen LogP contribution in [0.5, 0.6) is 5.75 Å². The highest BCUT2D eigenvalue weighted by Crippen LogP contribution is 2.13. The Morgan fingerprint density at radius 3 is 2.45 bits per heavy atom. The van der Waals surface area contributed by atoms with Gasteiger partial charge in [0.1, 0.15) is 11.8 Å². The van der Waals surface area contributed by atoms with Gasteiger partial charge in [-0.1, -0.05) is 36.4 Å². The Morgan fingerprint density at radius 1 is 1.10 bits per heavy atom. The van der Waals surface area contributed by atoms with Crippen LogP contribution in [-0.4, -0.2) is 12.4 Å². The van der Waals surface area contributed by atoms with Crippen LogP contribution in [0.2, 0.25) is 0 Å². The van der Waals surface area contributed by atoms with Gasteiger partial charge in [-0.25, -0.2) is 0 Å². The Morgan fingerprint density at radius 2 is 1.80 bits per heavy atom. The predicted molar refractivity (Wildman–Crippen MR) is 77.4 cm³/mol. The second kappa shape index (κ2) is 6.91. The van der Waals surface area contributed by atoms with E-state index in [0.717, 1.165) is 5.56 Å². The van der Waals surface area contributed by atoms with Gasteiger partial charge in [0, 0.05) is 5.56 Å². The number of hydrogen-bond donors (Lipinski definition) is 0. The summed E-state index contributed by atoms with van der Waals surface area (Å²) in [7, 11) is 0. The number of nitriles is 1. The highest BCUT2D eigenvalue weighted by atomic mass is 16.5. The Balaban J connectivity index is 2.03. The van der Waals surface area contributed by atoms with Crippen LogP contribution in [0.15, 0.2) is 60.7 Å². The molecule has 0 amide bonds. The second-order valence-electron chi connectivity index (χ2n) is 4.08. The molecule has 0 heterocycles. The maximum absolute atomic E-state index is 12.0. The molecule has 0 atom stereocenters. The molecule has 0 aliphatic carbocycles. The number of nitrogens with zero attached hydrogens (tertiary/aromatic N) is 1. The van der Waals surface area contributed by atoms with E-state index in [2.05, 4.69) is 0 Å². The summed E-state index contributed by atoms with van der Waals surface area (Å²) in [6.07, 6.45) is 3.32. The lowest BCUT2D eigenvalue weighted by atomic mass is 10.1. The molecule has 0 aliphatic heterocycles. The molecular formula is C17H13NO2. The highest BCUT2D eigenvalue weighted by Gasteiger charge is 2.02. The molecule has 2 aromatic rings. The smallest absolute Gasteiger partial charge is 0.185 e. The SMILES string of the molecule is N#CCOc1ccc(C(=O)C=Cc2ccccc2)cc1. The van der Waals surface area contributed by atoms with E-state index in [1.165, 1.54) is 0 Å². The topological polar surface area (TPSA) is 50.1 Å². The Bertz CT molecular complexity index is 637. The van der Waals surface area contributed by atoms with Crippen molar-refractivity contribution in [3.8, 4) is 11.8 Å². The second-order valence-corrected chi connectivity index (χ2v) is 4.08. The quantitative estimate of drug-likeness (QED) is 0.613. The minimum Gasteiger partial charge on any atom is -0.479 e. The molecule has 0 bridgehead atoms. The largest absolute Gasteiger partial charge is 0.479 e. The van der Waals surface area contributed by atoms with Crippen molar-refractivity contribution in [2.75, 3.05) is 6.61 Å². The van der Waals surface area contributed by atoms with Crippen LogP contribution in [0.25, 0.3) is 6.08 Å². The average molecular weight is 263 g/mol. The molecule has 0 saturated carbocycles. The molecule has 0 radical (unpaired) electrons. The van der Waals surface area contributed by atoms with Gasteiger partial charge in [0.25, 0.3) is 0 Å². The van der Waals surface area contributed by atoms with Crippen LogP contribution >= 0.6 is 0 Å². The van der Waals surface area contributed by atoms with Crippen molar-refractivity contribution in [3.05, 3.63) is 71.8 Å². The summed E-state index contributed by atoms with van der Waals surface area (Å²) in [5.74, 6) is 0.510. The summed E-state index contributed by atoms with van der Waals surface area (Å²) in [5.41, 5.74) is 1.57. The molecule has 0 aromatic heterocycles. The zero-order valence-electron chi connectivity index (χ0n) is 10.8. The van der Waals surface area contributed by atoms with Gasteiger partial charge >= 0.3 is 0 Å². The first-order valence-corrected chi connectivity index (χ1v) is 6.17. The first kappa shape index (κ1) is 13.6. The molecule has 0 fully saturated rings. The minimum atomic E-state index is -0.0688. The van der Waals surface area contributed by atoms with Gasteiger partial charge in [-0.2, -0.15) is 5.26 Å². The van der Waals surface area contributed by atoms with Crippen molar-refractivity contribution in [2.45, 2.75) is 0 Å². The van der Waals surface area contributed by atoms with Crippen LogP contribution in [0.1, 0.15) is 15.9 Å². The van der Waals surface area contributed by atoms with Crippen LogP contribution < -0.4 is 4.74 Å². The lowest BCUT2D eigenvalue weighted by Crippen LogP contribution is -1.96. The number of carbonyl (C=O) groups excluding carboxylic acids is 1. The third kappa shape index (κ3) is 3.82. The van der Waals surface area contributed by atoms with E-state index in [1.54, 1.807) is 36.4 Å². The molecule has 0 N–H and O–H groups in total. The fraction of sp³-hybridized carbons (Fsp3) is 0.0588. The molecule has 0 unspecified atom stereocenters. The first-order chi connectivity index (χ1) is 9.79. The van der Waals surface area contributed by atoms with E-state index in [-0.39, 0.29) is 12.4 Å². The lowest BCUT2D eigenvalue weighted by Gasteiger charge is -2.01. The monoisotopic (exact) mass is 263 g/mol. The van der Waals surface area contributed by atoms with Gasteiger partial charge in [-0.15, -0.1) is 0 Å². The summed E-state index contributed by atoms with van der Waals surface area (Å²) in [6.45, 7) is 0.00119. The van der Waals surface area contributed by atoms with E-state index in [0.29, 0.717) is 11.3 Å². The van der Waals surface area contributed by atoms with E-state index in [4.69, 9.17) is 10.00 Å². The molecular weight excluding hydrogens is 250 g/mol. The first-order valence-electron chi connectivity index (χ1n) is 6.17. The van der Waals surface area contributed by atoms with Crippen molar-refractivity contribution >= 4 is 11.9 Å². The van der Waals surface area contributed by atoms with Gasteiger partial charge < -0.3 is 4.74 Å². The maximum atomic E-state index is 12.0. The Hall–Kier alpha value is -2.86. The summed E-state index contributed by atoms with van der Waals surface area (Å²) < 4.78 is 5.13. The number of allylic oxidation sites excluding steroid dienone is 1. The highest BCUT2D eigenvalue weighted by molar-refractivity contribution is 6.06. The number of carbonyl (C=O) groups is 1. The van der Waals surface area contributed by atoms with Crippen molar-refractivity contribution in [3.63, 3.8) is 0 Å². The lowest BCUT2D eigenvalue weighted by molar-refractivity contribution is 0.104. The van der Waals surface area contributed by atoms with Crippen LogP contribution in [0.4, 0.5) is 0 Å². The molecule has 0 aliphatic rings. The van der Waals surface area contributed by atoms with Crippen molar-refractivity contribution in [2.24, 2.45) is 0 Å². The molecule has 3 nitrogen and oxygen atoms in total. The summed E-state index contributed by atoms with van der Waals surface area (Å²) in [4.78, 5) is 12.0. The number of benzene rings is 2. The standard InChI is InChI=1S/C17H13NO2/c18-12-13-20-16-9-7-15(8-10-16)17(19)11-6-14-4-2-1-3-5-14/h1-11H,13H2. The van der Waals surface area contributed by atoms with Gasteiger partial charge in [-0.05, 0) is 35.9 Å². The average Bonchev–Trinajstić information content (AvgIpc) is 2.52. The third-order valence-electron chi connectivity index (χ3n) is 2.67. The summed E-state index contributed by atoms with van der Waals surface area (Å²) in [6, 6.07) is 18.3. The zero-order valence-corrected chi connectivity index (χ0v) is 10.8. The fourth-order valence-electron chi connectivity index (χ4n) is 1.66. The molecule has 0 spiro atoms. The van der Waals surface area contributed by atoms with Crippen molar-refractivity contribution in [1.29, 1.82) is 5.26 Å².